The largest absolute Gasteiger partial charge is 0.383 e. The number of hydrogen-bond acceptors (Lipinski definition) is 4. The average molecular weight is 346 g/mol. The molecule has 0 aliphatic rings. The van der Waals surface area contributed by atoms with Gasteiger partial charge in [0.05, 0.1) is 24.1 Å². The molecule has 6 nitrogen and oxygen atoms in total. The molecule has 0 bridgehead atoms. The number of nitrogens with zero attached hydrogens (tertiary/aromatic N) is 3. The normalized spacial score (nSPS) is 12.6. The van der Waals surface area contributed by atoms with E-state index >= 15 is 0 Å². The molecule has 0 radical (unpaired) electrons. The van der Waals surface area contributed by atoms with Gasteiger partial charge in [-0.1, -0.05) is 24.9 Å². The predicted octanol–water partition coefficient (Wildman–Crippen LogP) is 2.48. The molecule has 0 unspecified atom stereocenters. The topological polar surface area (TPSA) is 63.5 Å². The molecule has 1 aromatic heterocycles. The Morgan fingerprint density at radius 3 is 2.95 bits per heavy atom. The van der Waals surface area contributed by atoms with Crippen LogP contribution in [0.15, 0.2) is 5.10 Å². The van der Waals surface area contributed by atoms with E-state index in [1.165, 1.54) is 0 Å². The summed E-state index contributed by atoms with van der Waals surface area (Å²) in [4.78, 5) is 0. The maximum Gasteiger partial charge on any atom is 0.187 e. The van der Waals surface area contributed by atoms with Gasteiger partial charge >= 0.3 is 0 Å². The fraction of sp³-hybridized carbons (Fsp3) is 0.643. The van der Waals surface area contributed by atoms with Crippen LogP contribution in [0.5, 0.6) is 0 Å². The number of aryl methyl sites for hydroxylation is 2. The molecule has 2 N–H and O–H groups in total. The van der Waals surface area contributed by atoms with Crippen molar-refractivity contribution in [2.45, 2.75) is 46.2 Å². The number of methoxy groups -OCH3 is 1. The minimum absolute atomic E-state index is 0.113. The molecule has 0 saturated carbocycles. The Labute approximate surface area is 142 Å². The molecule has 0 aliphatic heterocycles. The molecular weight excluding hydrogens is 322 g/mol. The lowest BCUT2D eigenvalue weighted by Gasteiger charge is -2.13. The van der Waals surface area contributed by atoms with E-state index in [0.29, 0.717) is 16.9 Å². The summed E-state index contributed by atoms with van der Waals surface area (Å²) < 4.78 is 6.83. The molecule has 1 heterocycles. The van der Waals surface area contributed by atoms with Crippen molar-refractivity contribution in [2.75, 3.05) is 13.7 Å². The van der Waals surface area contributed by atoms with Gasteiger partial charge in [-0.05, 0) is 32.5 Å². The smallest absolute Gasteiger partial charge is 0.187 e. The third kappa shape index (κ3) is 5.90. The summed E-state index contributed by atoms with van der Waals surface area (Å²) >= 11 is 11.5. The Hall–Kier alpha value is -1.18. The number of hydrogen-bond donors (Lipinski definition) is 2. The minimum atomic E-state index is 0.113. The molecule has 0 saturated heterocycles. The summed E-state index contributed by atoms with van der Waals surface area (Å²) in [7, 11) is 1.65. The highest BCUT2D eigenvalue weighted by Gasteiger charge is 2.11. The number of unbranched alkanes of at least 4 members (excludes halogenated alkanes) is 1. The summed E-state index contributed by atoms with van der Waals surface area (Å²) in [5, 5.41) is 12.6. The predicted molar refractivity (Wildman–Crippen MR) is 94.7 cm³/mol. The fourth-order valence-corrected chi connectivity index (χ4v) is 2.43. The SMILES string of the molecule is CCCCn1nc(C)c(/C=N\NC(=S)N[C@@H](C)COC)c1Cl. The average Bonchev–Trinajstić information content (AvgIpc) is 2.72. The van der Waals surface area contributed by atoms with Crippen LogP contribution >= 0.6 is 23.8 Å². The second-order valence-electron chi connectivity index (χ2n) is 5.07. The van der Waals surface area contributed by atoms with Crippen molar-refractivity contribution in [1.29, 1.82) is 0 Å². The zero-order valence-electron chi connectivity index (χ0n) is 13.5. The van der Waals surface area contributed by atoms with Crippen LogP contribution in [-0.2, 0) is 11.3 Å². The number of hydrazone groups is 1. The lowest BCUT2D eigenvalue weighted by molar-refractivity contribution is 0.179. The van der Waals surface area contributed by atoms with Gasteiger partial charge < -0.3 is 10.1 Å². The van der Waals surface area contributed by atoms with Crippen LogP contribution < -0.4 is 10.7 Å². The van der Waals surface area contributed by atoms with E-state index in [0.717, 1.165) is 30.6 Å². The van der Waals surface area contributed by atoms with E-state index in [2.05, 4.69) is 27.9 Å². The van der Waals surface area contributed by atoms with Gasteiger partial charge in [0.2, 0.25) is 0 Å². The van der Waals surface area contributed by atoms with Gasteiger partial charge in [-0.2, -0.15) is 10.2 Å². The molecule has 0 amide bonds. The van der Waals surface area contributed by atoms with E-state index in [1.807, 2.05) is 13.8 Å². The van der Waals surface area contributed by atoms with E-state index in [9.17, 15) is 0 Å². The first-order chi connectivity index (χ1) is 10.5. The summed E-state index contributed by atoms with van der Waals surface area (Å²) in [5.74, 6) is 0. The number of nitrogens with one attached hydrogen (secondary N) is 2. The van der Waals surface area contributed by atoms with Crippen molar-refractivity contribution in [3.8, 4) is 0 Å². The Kier molecular flexibility index (Phi) is 8.37. The molecule has 8 heteroatoms. The van der Waals surface area contributed by atoms with Gasteiger partial charge in [0, 0.05) is 19.7 Å². The van der Waals surface area contributed by atoms with Crippen molar-refractivity contribution in [3.05, 3.63) is 16.4 Å². The number of rotatable bonds is 8. The molecule has 1 atom stereocenters. The molecule has 22 heavy (non-hydrogen) atoms. The van der Waals surface area contributed by atoms with Crippen LogP contribution in [0, 0.1) is 6.92 Å². The van der Waals surface area contributed by atoms with Crippen molar-refractivity contribution >= 4 is 35.1 Å². The second-order valence-corrected chi connectivity index (χ2v) is 5.83. The number of aromatic nitrogens is 2. The molecule has 1 aromatic rings. The van der Waals surface area contributed by atoms with E-state index in [-0.39, 0.29) is 6.04 Å². The van der Waals surface area contributed by atoms with Gasteiger partial charge in [0.15, 0.2) is 5.11 Å². The van der Waals surface area contributed by atoms with Crippen molar-refractivity contribution in [1.82, 2.24) is 20.5 Å². The van der Waals surface area contributed by atoms with Crippen molar-refractivity contribution in [2.24, 2.45) is 5.10 Å². The Morgan fingerprint density at radius 1 is 1.59 bits per heavy atom. The Balaban J connectivity index is 2.59. The highest BCUT2D eigenvalue weighted by atomic mass is 35.5. The highest BCUT2D eigenvalue weighted by Crippen LogP contribution is 2.18. The zero-order valence-corrected chi connectivity index (χ0v) is 15.1. The standard InChI is InChI=1S/C14H24ClN5OS/c1-5-6-7-20-13(15)12(11(3)19-20)8-16-18-14(22)17-10(2)9-21-4/h8,10H,5-7,9H2,1-4H3,(H2,17,18,22)/b16-8-/t10-/m0/s1. The number of halogens is 1. The third-order valence-electron chi connectivity index (χ3n) is 2.99. The van der Waals surface area contributed by atoms with Crippen LogP contribution in [0.1, 0.15) is 37.9 Å². The van der Waals surface area contributed by atoms with Crippen LogP contribution in [0.2, 0.25) is 5.15 Å². The lowest BCUT2D eigenvalue weighted by atomic mass is 10.3. The molecule has 0 spiro atoms. The monoisotopic (exact) mass is 345 g/mol. The van der Waals surface area contributed by atoms with E-state index < -0.39 is 0 Å². The van der Waals surface area contributed by atoms with Crippen LogP contribution in [-0.4, -0.2) is 40.9 Å². The maximum atomic E-state index is 6.32. The molecule has 0 aliphatic carbocycles. The summed E-state index contributed by atoms with van der Waals surface area (Å²) in [6.07, 6.45) is 3.78. The number of ether oxygens (including phenoxy) is 1. The minimum Gasteiger partial charge on any atom is -0.383 e. The van der Waals surface area contributed by atoms with Crippen LogP contribution in [0.4, 0.5) is 0 Å². The van der Waals surface area contributed by atoms with Gasteiger partial charge in [-0.25, -0.2) is 0 Å². The van der Waals surface area contributed by atoms with Crippen molar-refractivity contribution in [3.63, 3.8) is 0 Å². The molecule has 0 aromatic carbocycles. The Morgan fingerprint density at radius 2 is 2.32 bits per heavy atom. The molecule has 124 valence electrons. The van der Waals surface area contributed by atoms with Crippen LogP contribution in [0.25, 0.3) is 0 Å². The van der Waals surface area contributed by atoms with Gasteiger partial charge in [-0.3, -0.25) is 10.1 Å². The highest BCUT2D eigenvalue weighted by molar-refractivity contribution is 7.80. The zero-order chi connectivity index (χ0) is 16.5. The first-order valence-corrected chi connectivity index (χ1v) is 8.09. The maximum absolute atomic E-state index is 6.32. The third-order valence-corrected chi connectivity index (χ3v) is 3.59. The quantitative estimate of drug-likeness (QED) is 0.430. The Bertz CT molecular complexity index is 518. The van der Waals surface area contributed by atoms with Gasteiger partial charge in [0.1, 0.15) is 5.15 Å². The summed E-state index contributed by atoms with van der Waals surface area (Å²) in [5.41, 5.74) is 4.42. The molecular formula is C14H24ClN5OS. The van der Waals surface area contributed by atoms with E-state index in [1.54, 1.807) is 18.0 Å². The lowest BCUT2D eigenvalue weighted by Crippen LogP contribution is -2.40. The first-order valence-electron chi connectivity index (χ1n) is 7.31. The van der Waals surface area contributed by atoms with Crippen LogP contribution in [0.3, 0.4) is 0 Å². The summed E-state index contributed by atoms with van der Waals surface area (Å²) in [6.45, 7) is 7.40. The van der Waals surface area contributed by atoms with E-state index in [4.69, 9.17) is 28.6 Å². The van der Waals surface area contributed by atoms with Gasteiger partial charge in [-0.15, -0.1) is 0 Å². The van der Waals surface area contributed by atoms with Crippen molar-refractivity contribution < 1.29 is 4.74 Å². The molecule has 0 fully saturated rings. The molecule has 1 rings (SSSR count). The second kappa shape index (κ2) is 9.76. The fourth-order valence-electron chi connectivity index (χ4n) is 1.87. The first kappa shape index (κ1) is 18.9. The number of thiocarbonyl (C=S) groups is 1. The summed E-state index contributed by atoms with van der Waals surface area (Å²) in [6, 6.07) is 0.113. The van der Waals surface area contributed by atoms with Gasteiger partial charge in [0.25, 0.3) is 0 Å².